The van der Waals surface area contributed by atoms with Crippen molar-refractivity contribution in [2.75, 3.05) is 6.61 Å². The Balaban J connectivity index is 1.74. The van der Waals surface area contributed by atoms with E-state index in [0.717, 1.165) is 20.9 Å². The van der Waals surface area contributed by atoms with Gasteiger partial charge in [0.15, 0.2) is 12.3 Å². The van der Waals surface area contributed by atoms with Gasteiger partial charge in [-0.15, -0.1) is 10.2 Å². The van der Waals surface area contributed by atoms with Crippen LogP contribution in [0.5, 0.6) is 11.6 Å². The van der Waals surface area contributed by atoms with Crippen molar-refractivity contribution in [1.82, 2.24) is 4.57 Å². The van der Waals surface area contributed by atoms with Crippen LogP contribution in [0.4, 0.5) is 5.69 Å². The van der Waals surface area contributed by atoms with Gasteiger partial charge < -0.3 is 14.4 Å². The summed E-state index contributed by atoms with van der Waals surface area (Å²) in [7, 11) is 1.72. The van der Waals surface area contributed by atoms with Crippen molar-refractivity contribution in [3.05, 3.63) is 52.5 Å². The zero-order chi connectivity index (χ0) is 18.0. The van der Waals surface area contributed by atoms with Gasteiger partial charge in [-0.3, -0.25) is 4.79 Å². The van der Waals surface area contributed by atoms with Crippen LogP contribution in [-0.4, -0.2) is 22.2 Å². The number of ether oxygens (including phenoxy) is 1. The summed E-state index contributed by atoms with van der Waals surface area (Å²) in [5.41, 5.74) is 2.15. The molecule has 0 saturated heterocycles. The van der Waals surface area contributed by atoms with E-state index >= 15 is 0 Å². The first-order valence-electron chi connectivity index (χ1n) is 7.57. The van der Waals surface area contributed by atoms with E-state index in [1.807, 2.05) is 43.3 Å². The van der Waals surface area contributed by atoms with Crippen LogP contribution < -0.4 is 4.74 Å². The Hall–Kier alpha value is -2.67. The van der Waals surface area contributed by atoms with Crippen LogP contribution in [-0.2, 0) is 11.8 Å². The molecule has 1 heterocycles. The highest BCUT2D eigenvalue weighted by Gasteiger charge is 2.14. The molecule has 0 fully saturated rings. The number of fused-ring (bicyclic) bond motifs is 1. The average Bonchev–Trinajstić information content (AvgIpc) is 2.84. The Labute approximate surface area is 152 Å². The first kappa shape index (κ1) is 17.2. The Kier molecular flexibility index (Phi) is 4.85. The van der Waals surface area contributed by atoms with Gasteiger partial charge in [0.1, 0.15) is 5.75 Å². The SMILES string of the molecule is Cc1ccc(OCC(=O)N=Nc2c(O)n(C)c3ccccc23)c(Br)c1. The van der Waals surface area contributed by atoms with Crippen LogP contribution in [0.2, 0.25) is 0 Å². The third-order valence-corrected chi connectivity index (χ3v) is 4.37. The molecule has 1 N–H and O–H groups in total. The number of benzene rings is 2. The molecule has 0 aliphatic carbocycles. The number of hydrogen-bond acceptors (Lipinski definition) is 4. The summed E-state index contributed by atoms with van der Waals surface area (Å²) in [6.45, 7) is 1.72. The lowest BCUT2D eigenvalue weighted by molar-refractivity contribution is -0.120. The maximum Gasteiger partial charge on any atom is 0.302 e. The Morgan fingerprint density at radius 1 is 1.28 bits per heavy atom. The summed E-state index contributed by atoms with van der Waals surface area (Å²) in [4.78, 5) is 11.9. The molecule has 1 amide bonds. The summed E-state index contributed by atoms with van der Waals surface area (Å²) in [6.07, 6.45) is 0. The quantitative estimate of drug-likeness (QED) is 0.646. The smallest absolute Gasteiger partial charge is 0.302 e. The molecule has 0 atom stereocenters. The molecule has 0 aliphatic heterocycles. The number of carbonyl (C=O) groups is 1. The van der Waals surface area contributed by atoms with Crippen molar-refractivity contribution in [3.63, 3.8) is 0 Å². The molecule has 0 bridgehead atoms. The minimum atomic E-state index is -0.542. The summed E-state index contributed by atoms with van der Waals surface area (Å²) >= 11 is 3.39. The lowest BCUT2D eigenvalue weighted by Gasteiger charge is -2.06. The number of aromatic hydroxyl groups is 1. The summed E-state index contributed by atoms with van der Waals surface area (Å²) in [6, 6.07) is 12.9. The van der Waals surface area contributed by atoms with Gasteiger partial charge in [0.25, 0.3) is 0 Å². The first-order chi connectivity index (χ1) is 12.0. The maximum atomic E-state index is 11.9. The maximum absolute atomic E-state index is 11.9. The van der Waals surface area contributed by atoms with Crippen LogP contribution in [0.25, 0.3) is 10.9 Å². The molecule has 0 saturated carbocycles. The highest BCUT2D eigenvalue weighted by atomic mass is 79.9. The Morgan fingerprint density at radius 2 is 2.04 bits per heavy atom. The van der Waals surface area contributed by atoms with Gasteiger partial charge >= 0.3 is 5.91 Å². The number of carbonyl (C=O) groups excluding carboxylic acids is 1. The molecule has 128 valence electrons. The molecule has 7 heteroatoms. The second-order valence-electron chi connectivity index (χ2n) is 5.56. The number of para-hydroxylation sites is 1. The minimum Gasteiger partial charge on any atom is -0.493 e. The normalized spacial score (nSPS) is 11.3. The summed E-state index contributed by atoms with van der Waals surface area (Å²) in [5.74, 6) is -0.0260. The molecule has 2 aromatic carbocycles. The van der Waals surface area contributed by atoms with E-state index in [2.05, 4.69) is 26.2 Å². The van der Waals surface area contributed by atoms with Crippen LogP contribution >= 0.6 is 15.9 Å². The van der Waals surface area contributed by atoms with Gasteiger partial charge in [-0.05, 0) is 46.6 Å². The van der Waals surface area contributed by atoms with Gasteiger partial charge in [0.05, 0.1) is 9.99 Å². The number of rotatable bonds is 4. The zero-order valence-electron chi connectivity index (χ0n) is 13.7. The van der Waals surface area contributed by atoms with Crippen molar-refractivity contribution in [2.24, 2.45) is 17.3 Å². The minimum absolute atomic E-state index is 0.0417. The fraction of sp³-hybridized carbons (Fsp3) is 0.167. The number of azo groups is 1. The predicted molar refractivity (Wildman–Crippen MR) is 98.5 cm³/mol. The zero-order valence-corrected chi connectivity index (χ0v) is 15.3. The number of nitrogens with zero attached hydrogens (tertiary/aromatic N) is 3. The van der Waals surface area contributed by atoms with E-state index < -0.39 is 5.91 Å². The predicted octanol–water partition coefficient (Wildman–Crippen LogP) is 4.64. The van der Waals surface area contributed by atoms with Crippen LogP contribution in [0, 0.1) is 6.92 Å². The summed E-state index contributed by atoms with van der Waals surface area (Å²) in [5, 5.41) is 18.5. The van der Waals surface area contributed by atoms with Gasteiger partial charge in [0.2, 0.25) is 5.88 Å². The fourth-order valence-corrected chi connectivity index (χ4v) is 3.06. The molecule has 0 spiro atoms. The third-order valence-electron chi connectivity index (χ3n) is 3.75. The highest BCUT2D eigenvalue weighted by molar-refractivity contribution is 9.10. The van der Waals surface area contributed by atoms with Gasteiger partial charge in [-0.2, -0.15) is 0 Å². The largest absolute Gasteiger partial charge is 0.493 e. The lowest BCUT2D eigenvalue weighted by atomic mass is 10.2. The van der Waals surface area contributed by atoms with Crippen molar-refractivity contribution in [1.29, 1.82) is 0 Å². The van der Waals surface area contributed by atoms with Gasteiger partial charge in [0, 0.05) is 12.4 Å². The third kappa shape index (κ3) is 3.56. The first-order valence-corrected chi connectivity index (χ1v) is 8.36. The second-order valence-corrected chi connectivity index (χ2v) is 6.42. The lowest BCUT2D eigenvalue weighted by Crippen LogP contribution is -2.08. The van der Waals surface area contributed by atoms with Crippen LogP contribution in [0.1, 0.15) is 5.56 Å². The molecule has 6 nitrogen and oxygen atoms in total. The fourth-order valence-electron chi connectivity index (χ4n) is 2.46. The molecular formula is C18H16BrN3O3. The number of aromatic nitrogens is 1. The number of aryl methyl sites for hydroxylation is 2. The number of hydrogen-bond donors (Lipinski definition) is 1. The highest BCUT2D eigenvalue weighted by Crippen LogP contribution is 2.37. The molecule has 0 aliphatic rings. The monoisotopic (exact) mass is 401 g/mol. The topological polar surface area (TPSA) is 76.2 Å². The number of amides is 1. The molecular weight excluding hydrogens is 386 g/mol. The molecule has 3 rings (SSSR count). The molecule has 0 unspecified atom stereocenters. The van der Waals surface area contributed by atoms with Gasteiger partial charge in [-0.1, -0.05) is 24.3 Å². The van der Waals surface area contributed by atoms with E-state index in [1.54, 1.807) is 17.7 Å². The second kappa shape index (κ2) is 7.06. The summed E-state index contributed by atoms with van der Waals surface area (Å²) < 4.78 is 7.81. The van der Waals surface area contributed by atoms with Crippen molar-refractivity contribution >= 4 is 38.4 Å². The molecule has 3 aromatic rings. The molecule has 0 radical (unpaired) electrons. The van der Waals surface area contributed by atoms with Crippen molar-refractivity contribution < 1.29 is 14.6 Å². The van der Waals surface area contributed by atoms with E-state index in [4.69, 9.17) is 4.74 Å². The van der Waals surface area contributed by atoms with Gasteiger partial charge in [-0.25, -0.2) is 0 Å². The standard InChI is InChI=1S/C18H16BrN3O3/c1-11-7-8-15(13(19)9-11)25-10-16(23)20-21-17-12-5-3-4-6-14(12)22(2)18(17)24/h3-9,24H,10H2,1-2H3. The van der Waals surface area contributed by atoms with Crippen LogP contribution in [0.15, 0.2) is 57.2 Å². The van der Waals surface area contributed by atoms with Crippen LogP contribution in [0.3, 0.4) is 0 Å². The van der Waals surface area contributed by atoms with E-state index in [9.17, 15) is 9.90 Å². The number of halogens is 1. The van der Waals surface area contributed by atoms with E-state index in [0.29, 0.717) is 5.75 Å². The average molecular weight is 402 g/mol. The Morgan fingerprint density at radius 3 is 2.80 bits per heavy atom. The van der Waals surface area contributed by atoms with Crippen molar-refractivity contribution in [3.8, 4) is 11.6 Å². The van der Waals surface area contributed by atoms with Crippen molar-refractivity contribution in [2.45, 2.75) is 6.92 Å². The molecule has 1 aromatic heterocycles. The van der Waals surface area contributed by atoms with E-state index in [1.165, 1.54) is 0 Å². The molecule has 25 heavy (non-hydrogen) atoms. The van der Waals surface area contributed by atoms with E-state index in [-0.39, 0.29) is 18.2 Å². The Bertz CT molecular complexity index is 979.